The van der Waals surface area contributed by atoms with Crippen molar-refractivity contribution >= 4 is 11.9 Å². The number of carboxylic acid groups (broad SMARTS) is 1. The Morgan fingerprint density at radius 2 is 1.75 bits per heavy atom. The molecule has 1 amide bonds. The maximum absolute atomic E-state index is 10.8. The van der Waals surface area contributed by atoms with Gasteiger partial charge in [0.15, 0.2) is 0 Å². The van der Waals surface area contributed by atoms with E-state index in [9.17, 15) is 9.59 Å². The second-order valence-electron chi connectivity index (χ2n) is 3.64. The van der Waals surface area contributed by atoms with Crippen LogP contribution in [-0.4, -0.2) is 22.5 Å². The first kappa shape index (κ1) is 10.9. The predicted molar refractivity (Wildman–Crippen MR) is 44.7 cm³/mol. The van der Waals surface area contributed by atoms with Crippen LogP contribution in [0.5, 0.6) is 0 Å². The Bertz CT molecular complexity index is 196. The molecular formula is C8H15NO3. The van der Waals surface area contributed by atoms with E-state index >= 15 is 0 Å². The number of carboxylic acids is 1. The summed E-state index contributed by atoms with van der Waals surface area (Å²) < 4.78 is 0. The van der Waals surface area contributed by atoms with Gasteiger partial charge < -0.3 is 10.4 Å². The summed E-state index contributed by atoms with van der Waals surface area (Å²) in [7, 11) is 0. The maximum atomic E-state index is 10.8. The Morgan fingerprint density at radius 3 is 2.00 bits per heavy atom. The maximum Gasteiger partial charge on any atom is 0.394 e. The zero-order valence-corrected chi connectivity index (χ0v) is 7.84. The molecule has 2 N–H and O–H groups in total. The third-order valence-corrected chi connectivity index (χ3v) is 2.07. The molecule has 0 rings (SSSR count). The Labute approximate surface area is 72.0 Å². The van der Waals surface area contributed by atoms with Gasteiger partial charge in [-0.15, -0.1) is 0 Å². The number of amides is 1. The molecule has 0 saturated carbocycles. The Hall–Kier alpha value is -1.06. The van der Waals surface area contributed by atoms with Crippen LogP contribution < -0.4 is 5.32 Å². The number of carbonyl (C=O) groups excluding carboxylic acids is 1. The standard InChI is InChI=1S/C8H15NO3/c1-5(2)8(3,4)9-6(10)7(11)12/h5H,1-4H3,(H,9,10)(H,11,12). The van der Waals surface area contributed by atoms with Crippen LogP contribution >= 0.6 is 0 Å². The van der Waals surface area contributed by atoms with E-state index in [-0.39, 0.29) is 5.92 Å². The van der Waals surface area contributed by atoms with Crippen LogP contribution in [0.25, 0.3) is 0 Å². The van der Waals surface area contributed by atoms with Gasteiger partial charge in [0.1, 0.15) is 0 Å². The molecule has 0 bridgehead atoms. The van der Waals surface area contributed by atoms with Crippen LogP contribution in [0.2, 0.25) is 0 Å². The van der Waals surface area contributed by atoms with Gasteiger partial charge in [0.25, 0.3) is 0 Å². The molecule has 0 fully saturated rings. The number of hydrogen-bond acceptors (Lipinski definition) is 2. The summed E-state index contributed by atoms with van der Waals surface area (Å²) >= 11 is 0. The van der Waals surface area contributed by atoms with E-state index in [1.165, 1.54) is 0 Å². The van der Waals surface area contributed by atoms with Crippen molar-refractivity contribution in [1.82, 2.24) is 5.32 Å². The Morgan fingerprint density at radius 1 is 1.33 bits per heavy atom. The van der Waals surface area contributed by atoms with Gasteiger partial charge >= 0.3 is 11.9 Å². The lowest BCUT2D eigenvalue weighted by Crippen LogP contribution is -2.49. The molecule has 0 aliphatic heterocycles. The van der Waals surface area contributed by atoms with Crippen molar-refractivity contribution in [3.05, 3.63) is 0 Å². The van der Waals surface area contributed by atoms with Crippen LogP contribution in [0.4, 0.5) is 0 Å². The highest BCUT2D eigenvalue weighted by molar-refractivity contribution is 6.31. The van der Waals surface area contributed by atoms with Gasteiger partial charge in [0.05, 0.1) is 0 Å². The summed E-state index contributed by atoms with van der Waals surface area (Å²) in [6, 6.07) is 0. The topological polar surface area (TPSA) is 66.4 Å². The molecule has 12 heavy (non-hydrogen) atoms. The summed E-state index contributed by atoms with van der Waals surface area (Å²) in [4.78, 5) is 20.9. The second kappa shape index (κ2) is 3.56. The van der Waals surface area contributed by atoms with E-state index in [1.54, 1.807) is 13.8 Å². The van der Waals surface area contributed by atoms with Gasteiger partial charge in [-0.1, -0.05) is 13.8 Å². The SMILES string of the molecule is CC(C)C(C)(C)NC(=O)C(=O)O. The molecule has 0 saturated heterocycles. The van der Waals surface area contributed by atoms with Gasteiger partial charge in [-0.05, 0) is 19.8 Å². The largest absolute Gasteiger partial charge is 0.474 e. The van der Waals surface area contributed by atoms with Crippen LogP contribution in [0.3, 0.4) is 0 Å². The minimum absolute atomic E-state index is 0.195. The number of aliphatic carboxylic acids is 1. The van der Waals surface area contributed by atoms with Crippen LogP contribution in [0.15, 0.2) is 0 Å². The monoisotopic (exact) mass is 173 g/mol. The van der Waals surface area contributed by atoms with Crippen molar-refractivity contribution < 1.29 is 14.7 Å². The number of hydrogen-bond donors (Lipinski definition) is 2. The van der Waals surface area contributed by atoms with Crippen LogP contribution in [0, 0.1) is 5.92 Å². The molecule has 0 heterocycles. The van der Waals surface area contributed by atoms with E-state index < -0.39 is 17.4 Å². The fourth-order valence-corrected chi connectivity index (χ4v) is 0.490. The summed E-state index contributed by atoms with van der Waals surface area (Å²) in [6.07, 6.45) is 0. The first-order valence-electron chi connectivity index (χ1n) is 3.83. The second-order valence-corrected chi connectivity index (χ2v) is 3.64. The summed E-state index contributed by atoms with van der Waals surface area (Å²) in [5, 5.41) is 10.7. The molecule has 0 aromatic heterocycles. The van der Waals surface area contributed by atoms with E-state index in [1.807, 2.05) is 13.8 Å². The number of carbonyl (C=O) groups is 2. The predicted octanol–water partition coefficient (Wildman–Crippen LogP) is 0.622. The van der Waals surface area contributed by atoms with Crippen molar-refractivity contribution in [3.8, 4) is 0 Å². The van der Waals surface area contributed by atoms with Crippen LogP contribution in [-0.2, 0) is 9.59 Å². The van der Waals surface area contributed by atoms with E-state index in [2.05, 4.69) is 5.32 Å². The molecule has 0 aliphatic rings. The molecule has 0 atom stereocenters. The zero-order valence-electron chi connectivity index (χ0n) is 7.84. The molecule has 0 aliphatic carbocycles. The van der Waals surface area contributed by atoms with Gasteiger partial charge in [-0.2, -0.15) is 0 Å². The first-order chi connectivity index (χ1) is 5.27. The third kappa shape index (κ3) is 2.90. The van der Waals surface area contributed by atoms with Gasteiger partial charge in [0.2, 0.25) is 0 Å². The van der Waals surface area contributed by atoms with E-state index in [4.69, 9.17) is 5.11 Å². The van der Waals surface area contributed by atoms with Gasteiger partial charge in [-0.3, -0.25) is 4.79 Å². The minimum atomic E-state index is -1.44. The minimum Gasteiger partial charge on any atom is -0.474 e. The average molecular weight is 173 g/mol. The van der Waals surface area contributed by atoms with E-state index in [0.29, 0.717) is 0 Å². The highest BCUT2D eigenvalue weighted by Crippen LogP contribution is 2.14. The molecule has 0 aromatic rings. The smallest absolute Gasteiger partial charge is 0.394 e. The lowest BCUT2D eigenvalue weighted by atomic mass is 9.91. The Balaban J connectivity index is 4.25. The molecule has 0 spiro atoms. The van der Waals surface area contributed by atoms with Crippen molar-refractivity contribution in [1.29, 1.82) is 0 Å². The molecule has 0 radical (unpaired) electrons. The summed E-state index contributed by atoms with van der Waals surface area (Å²) in [5.74, 6) is -2.20. The summed E-state index contributed by atoms with van der Waals surface area (Å²) in [6.45, 7) is 7.42. The molecule has 4 heteroatoms. The first-order valence-corrected chi connectivity index (χ1v) is 3.83. The molecule has 0 aromatic carbocycles. The number of nitrogens with one attached hydrogen (secondary N) is 1. The van der Waals surface area contributed by atoms with Crippen molar-refractivity contribution in [2.24, 2.45) is 5.92 Å². The van der Waals surface area contributed by atoms with Gasteiger partial charge in [0, 0.05) is 5.54 Å². The normalized spacial score (nSPS) is 11.4. The zero-order chi connectivity index (χ0) is 9.94. The van der Waals surface area contributed by atoms with E-state index in [0.717, 1.165) is 0 Å². The lowest BCUT2D eigenvalue weighted by Gasteiger charge is -2.29. The van der Waals surface area contributed by atoms with Gasteiger partial charge in [-0.25, -0.2) is 4.79 Å². The molecular weight excluding hydrogens is 158 g/mol. The number of rotatable bonds is 2. The van der Waals surface area contributed by atoms with Crippen LogP contribution in [0.1, 0.15) is 27.7 Å². The van der Waals surface area contributed by atoms with Crippen molar-refractivity contribution in [2.45, 2.75) is 33.2 Å². The van der Waals surface area contributed by atoms with Crippen molar-refractivity contribution in [2.75, 3.05) is 0 Å². The molecule has 70 valence electrons. The Kier molecular flexibility index (Phi) is 3.24. The molecule has 4 nitrogen and oxygen atoms in total. The third-order valence-electron chi connectivity index (χ3n) is 2.07. The van der Waals surface area contributed by atoms with Crippen molar-refractivity contribution in [3.63, 3.8) is 0 Å². The fraction of sp³-hybridized carbons (Fsp3) is 0.750. The quantitative estimate of drug-likeness (QED) is 0.601. The highest BCUT2D eigenvalue weighted by Gasteiger charge is 2.26. The highest BCUT2D eigenvalue weighted by atomic mass is 16.4. The molecule has 0 unspecified atom stereocenters. The lowest BCUT2D eigenvalue weighted by molar-refractivity contribution is -0.151. The average Bonchev–Trinajstić information content (AvgIpc) is 1.85. The summed E-state index contributed by atoms with van der Waals surface area (Å²) in [5.41, 5.74) is -0.477. The fourth-order valence-electron chi connectivity index (χ4n) is 0.490.